The second-order valence-electron chi connectivity index (χ2n) is 8.50. The molecule has 1 N–H and O–H groups in total. The van der Waals surface area contributed by atoms with Gasteiger partial charge < -0.3 is 14.6 Å². The first-order valence-electron chi connectivity index (χ1n) is 9.63. The summed E-state index contributed by atoms with van der Waals surface area (Å²) < 4.78 is 11.2. The van der Waals surface area contributed by atoms with Crippen molar-refractivity contribution in [3.63, 3.8) is 0 Å². The fourth-order valence-electron chi connectivity index (χ4n) is 4.86. The van der Waals surface area contributed by atoms with Gasteiger partial charge in [0.15, 0.2) is 0 Å². The minimum absolute atomic E-state index is 0.00696. The number of allylic oxidation sites excluding steroid dienone is 1. The summed E-state index contributed by atoms with van der Waals surface area (Å²) in [7, 11) is 0. The second-order valence-corrected chi connectivity index (χ2v) is 8.50. The van der Waals surface area contributed by atoms with Gasteiger partial charge in [0.05, 0.1) is 6.10 Å². The van der Waals surface area contributed by atoms with Gasteiger partial charge in [0, 0.05) is 17.6 Å². The molecule has 0 spiro atoms. The van der Waals surface area contributed by atoms with E-state index >= 15 is 0 Å². The third-order valence-electron chi connectivity index (χ3n) is 7.04. The van der Waals surface area contributed by atoms with E-state index in [-0.39, 0.29) is 35.3 Å². The van der Waals surface area contributed by atoms with Gasteiger partial charge in [-0.25, -0.2) is 9.59 Å². The molecule has 1 aliphatic heterocycles. The lowest BCUT2D eigenvalue weighted by Crippen LogP contribution is -2.55. The number of aliphatic hydroxyl groups is 1. The number of rotatable bonds is 3. The van der Waals surface area contributed by atoms with Crippen LogP contribution < -0.4 is 0 Å². The van der Waals surface area contributed by atoms with E-state index in [4.69, 9.17) is 9.47 Å². The van der Waals surface area contributed by atoms with E-state index < -0.39 is 12.2 Å². The molecule has 26 heavy (non-hydrogen) atoms. The summed E-state index contributed by atoms with van der Waals surface area (Å²) >= 11 is 0. The number of hydrogen-bond acceptors (Lipinski definition) is 5. The van der Waals surface area contributed by atoms with Gasteiger partial charge in [-0.1, -0.05) is 26.3 Å². The molecule has 0 radical (unpaired) electrons. The summed E-state index contributed by atoms with van der Waals surface area (Å²) in [5, 5.41) is 10.7. The van der Waals surface area contributed by atoms with E-state index in [1.807, 2.05) is 20.8 Å². The quantitative estimate of drug-likeness (QED) is 0.616. The number of carbonyl (C=O) groups excluding carboxylic acids is 2. The Labute approximate surface area is 155 Å². The first-order valence-corrected chi connectivity index (χ1v) is 9.63. The van der Waals surface area contributed by atoms with E-state index in [0.29, 0.717) is 6.42 Å². The molecule has 5 nitrogen and oxygen atoms in total. The van der Waals surface area contributed by atoms with Crippen molar-refractivity contribution >= 4 is 11.9 Å². The van der Waals surface area contributed by atoms with E-state index in [1.54, 1.807) is 0 Å². The highest BCUT2D eigenvalue weighted by molar-refractivity contribution is 5.91. The monoisotopic (exact) mass is 362 g/mol. The first kappa shape index (κ1) is 19.2. The molecule has 2 aliphatic carbocycles. The van der Waals surface area contributed by atoms with Crippen LogP contribution in [0.5, 0.6) is 0 Å². The van der Waals surface area contributed by atoms with Crippen molar-refractivity contribution in [2.24, 2.45) is 17.3 Å². The standard InChI is InChI=1S/C21H30O5/c1-6-11(2)7-18(23)26-19-13(4)21(5)10-15-12(3)20(24)25-17(15)9-14(21)8-16(19)22/h7,13-14,16-17,19,22H,6,8-10H2,1-5H3. The molecule has 3 aliphatic rings. The average Bonchev–Trinajstić information content (AvgIpc) is 2.85. The maximum atomic E-state index is 12.2. The molecule has 6 atom stereocenters. The van der Waals surface area contributed by atoms with Crippen molar-refractivity contribution in [2.75, 3.05) is 0 Å². The summed E-state index contributed by atoms with van der Waals surface area (Å²) in [5.41, 5.74) is 2.64. The minimum atomic E-state index is -0.689. The van der Waals surface area contributed by atoms with Crippen molar-refractivity contribution in [1.82, 2.24) is 0 Å². The fraction of sp³-hybridized carbons (Fsp3) is 0.714. The van der Waals surface area contributed by atoms with Crippen LogP contribution in [0.25, 0.3) is 0 Å². The van der Waals surface area contributed by atoms with Gasteiger partial charge in [0.1, 0.15) is 12.2 Å². The van der Waals surface area contributed by atoms with E-state index in [9.17, 15) is 14.7 Å². The zero-order valence-corrected chi connectivity index (χ0v) is 16.4. The summed E-state index contributed by atoms with van der Waals surface area (Å²) in [6, 6.07) is 0. The van der Waals surface area contributed by atoms with Crippen LogP contribution in [0.1, 0.15) is 60.3 Å². The number of esters is 2. The Morgan fingerprint density at radius 1 is 1.42 bits per heavy atom. The summed E-state index contributed by atoms with van der Waals surface area (Å²) in [5.74, 6) is -0.371. The zero-order chi connectivity index (χ0) is 19.2. The smallest absolute Gasteiger partial charge is 0.334 e. The maximum absolute atomic E-state index is 12.2. The number of hydrogen-bond donors (Lipinski definition) is 1. The SMILES string of the molecule is CCC(C)=CC(=O)OC1C(O)CC2CC3OC(=O)C(C)=C3CC2(C)C1C. The Balaban J connectivity index is 1.83. The van der Waals surface area contributed by atoms with Gasteiger partial charge in [-0.2, -0.15) is 0 Å². The molecule has 5 heteroatoms. The minimum Gasteiger partial charge on any atom is -0.456 e. The normalized spacial score (nSPS) is 40.0. The topological polar surface area (TPSA) is 72.8 Å². The highest BCUT2D eigenvalue weighted by Gasteiger charge is 2.56. The molecular weight excluding hydrogens is 332 g/mol. The fourth-order valence-corrected chi connectivity index (χ4v) is 4.86. The predicted octanol–water partition coefficient (Wildman–Crippen LogP) is 3.31. The van der Waals surface area contributed by atoms with Gasteiger partial charge in [0.25, 0.3) is 0 Å². The highest BCUT2D eigenvalue weighted by Crippen LogP contribution is 2.57. The third kappa shape index (κ3) is 3.11. The molecule has 1 heterocycles. The lowest BCUT2D eigenvalue weighted by molar-refractivity contribution is -0.178. The Kier molecular flexibility index (Phi) is 5.04. The van der Waals surface area contributed by atoms with E-state index in [2.05, 4.69) is 13.8 Å². The van der Waals surface area contributed by atoms with Crippen molar-refractivity contribution in [2.45, 2.75) is 78.6 Å². The first-order chi connectivity index (χ1) is 12.2. The Bertz CT molecular complexity index is 676. The van der Waals surface area contributed by atoms with Crippen LogP contribution in [0.15, 0.2) is 22.8 Å². The Morgan fingerprint density at radius 3 is 2.77 bits per heavy atom. The summed E-state index contributed by atoms with van der Waals surface area (Å²) in [4.78, 5) is 24.2. The molecule has 0 bridgehead atoms. The molecule has 0 amide bonds. The molecule has 0 aromatic carbocycles. The van der Waals surface area contributed by atoms with Gasteiger partial charge in [-0.15, -0.1) is 0 Å². The molecule has 0 aromatic rings. The van der Waals surface area contributed by atoms with E-state index in [0.717, 1.165) is 36.0 Å². The number of carbonyl (C=O) groups is 2. The molecule has 0 aromatic heterocycles. The molecule has 3 rings (SSSR count). The van der Waals surface area contributed by atoms with Crippen molar-refractivity contribution in [3.05, 3.63) is 22.8 Å². The van der Waals surface area contributed by atoms with E-state index in [1.165, 1.54) is 6.08 Å². The summed E-state index contributed by atoms with van der Waals surface area (Å²) in [6.45, 7) is 9.97. The van der Waals surface area contributed by atoms with Gasteiger partial charge in [0.2, 0.25) is 0 Å². The second kappa shape index (κ2) is 6.84. The van der Waals surface area contributed by atoms with Crippen LogP contribution in [-0.2, 0) is 19.1 Å². The largest absolute Gasteiger partial charge is 0.456 e. The zero-order valence-electron chi connectivity index (χ0n) is 16.4. The van der Waals surface area contributed by atoms with Crippen molar-refractivity contribution in [1.29, 1.82) is 0 Å². The van der Waals surface area contributed by atoms with Crippen LogP contribution >= 0.6 is 0 Å². The van der Waals surface area contributed by atoms with Gasteiger partial charge >= 0.3 is 11.9 Å². The Hall–Kier alpha value is -1.62. The van der Waals surface area contributed by atoms with Crippen LogP contribution in [0.4, 0.5) is 0 Å². The average molecular weight is 362 g/mol. The van der Waals surface area contributed by atoms with Crippen LogP contribution in [0.3, 0.4) is 0 Å². The molecule has 2 fully saturated rings. The van der Waals surface area contributed by atoms with Crippen LogP contribution in [-0.4, -0.2) is 35.4 Å². The van der Waals surface area contributed by atoms with Crippen molar-refractivity contribution < 1.29 is 24.2 Å². The van der Waals surface area contributed by atoms with Crippen molar-refractivity contribution in [3.8, 4) is 0 Å². The lowest BCUT2D eigenvalue weighted by atomic mass is 9.53. The molecular formula is C21H30O5. The third-order valence-corrected chi connectivity index (χ3v) is 7.04. The number of aliphatic hydroxyl groups excluding tert-OH is 1. The maximum Gasteiger partial charge on any atom is 0.334 e. The van der Waals surface area contributed by atoms with Crippen LogP contribution in [0, 0.1) is 17.3 Å². The molecule has 0 saturated heterocycles. The lowest BCUT2D eigenvalue weighted by Gasteiger charge is -2.54. The molecule has 2 saturated carbocycles. The highest BCUT2D eigenvalue weighted by atomic mass is 16.6. The van der Waals surface area contributed by atoms with Gasteiger partial charge in [-0.05, 0) is 56.4 Å². The van der Waals surface area contributed by atoms with Gasteiger partial charge in [-0.3, -0.25) is 0 Å². The van der Waals surface area contributed by atoms with Crippen LogP contribution in [0.2, 0.25) is 0 Å². The molecule has 144 valence electrons. The number of ether oxygens (including phenoxy) is 2. The summed E-state index contributed by atoms with van der Waals surface area (Å²) in [6.07, 6.45) is 3.01. The Morgan fingerprint density at radius 2 is 2.12 bits per heavy atom. The number of fused-ring (bicyclic) bond motifs is 2. The predicted molar refractivity (Wildman–Crippen MR) is 97.1 cm³/mol. The molecule has 6 unspecified atom stereocenters.